The van der Waals surface area contributed by atoms with Crippen molar-refractivity contribution in [3.05, 3.63) is 0 Å². The summed E-state index contributed by atoms with van der Waals surface area (Å²) >= 11 is 0. The van der Waals surface area contributed by atoms with E-state index in [1.54, 1.807) is 4.90 Å². The van der Waals surface area contributed by atoms with Gasteiger partial charge in [0.25, 0.3) is 0 Å². The van der Waals surface area contributed by atoms with Crippen molar-refractivity contribution >= 4 is 24.9 Å². The summed E-state index contributed by atoms with van der Waals surface area (Å²) in [5, 5.41) is 8.51. The molecular weight excluding hydrogens is 263 g/mol. The third-order valence-electron chi connectivity index (χ3n) is 4.33. The van der Waals surface area contributed by atoms with Crippen LogP contribution in [-0.4, -0.2) is 65.1 Å². The van der Waals surface area contributed by atoms with E-state index in [-0.39, 0.29) is 18.1 Å². The van der Waals surface area contributed by atoms with Crippen molar-refractivity contribution in [1.29, 1.82) is 0 Å². The number of likely N-dealkylation sites (tertiary alicyclic amines) is 2. The van der Waals surface area contributed by atoms with Gasteiger partial charge in [-0.15, -0.1) is 0 Å². The van der Waals surface area contributed by atoms with Crippen LogP contribution in [-0.2, 0) is 19.2 Å². The molecule has 2 heterocycles. The van der Waals surface area contributed by atoms with Crippen LogP contribution in [0.15, 0.2) is 0 Å². The number of nitrogens with zero attached hydrogens (tertiary/aromatic N) is 2. The van der Waals surface area contributed by atoms with Crippen LogP contribution in [0.5, 0.6) is 0 Å². The Balaban J connectivity index is 2.11. The molecule has 2 saturated heterocycles. The Morgan fingerprint density at radius 1 is 1.45 bits per heavy atom. The number of carbonyl (C=O) groups excluding carboxylic acids is 3. The smallest absolute Gasteiger partial charge is 0.334 e. The van der Waals surface area contributed by atoms with Gasteiger partial charge in [0.2, 0.25) is 12.3 Å². The molecule has 2 rings (SSSR count). The summed E-state index contributed by atoms with van der Waals surface area (Å²) in [6.07, 6.45) is 3.61. The van der Waals surface area contributed by atoms with Gasteiger partial charge in [0.05, 0.1) is 6.54 Å². The van der Waals surface area contributed by atoms with Crippen LogP contribution in [0.4, 0.5) is 0 Å². The molecule has 2 amide bonds. The van der Waals surface area contributed by atoms with Gasteiger partial charge >= 0.3 is 6.92 Å². The average Bonchev–Trinajstić information content (AvgIpc) is 2.86. The fourth-order valence-electron chi connectivity index (χ4n) is 3.14. The Kier molecular flexibility index (Phi) is 4.44. The Morgan fingerprint density at radius 2 is 2.10 bits per heavy atom. The molecule has 2 fully saturated rings. The highest BCUT2D eigenvalue weighted by Gasteiger charge is 2.50. The van der Waals surface area contributed by atoms with Gasteiger partial charge in [0.1, 0.15) is 5.54 Å². The van der Waals surface area contributed by atoms with Crippen molar-refractivity contribution in [2.45, 2.75) is 38.0 Å². The fourth-order valence-corrected chi connectivity index (χ4v) is 3.14. The maximum absolute atomic E-state index is 12.6. The number of carbonyl (C=O) groups is 3. The quantitative estimate of drug-likeness (QED) is 0.327. The molecule has 0 aromatic rings. The van der Waals surface area contributed by atoms with Crippen LogP contribution in [0.3, 0.4) is 0 Å². The molecule has 0 radical (unpaired) electrons. The topological polar surface area (TPSA) is 87.2 Å². The first-order valence-corrected chi connectivity index (χ1v) is 6.89. The van der Waals surface area contributed by atoms with Crippen molar-refractivity contribution < 1.29 is 24.4 Å². The van der Waals surface area contributed by atoms with E-state index in [0.29, 0.717) is 25.9 Å². The van der Waals surface area contributed by atoms with Crippen molar-refractivity contribution in [1.82, 2.24) is 9.80 Å². The monoisotopic (exact) mass is 282 g/mol. The molecule has 1 unspecified atom stereocenters. The van der Waals surface area contributed by atoms with Gasteiger partial charge in [-0.25, -0.2) is 0 Å². The number of hydrogen-bond acceptors (Lipinski definition) is 5. The first kappa shape index (κ1) is 15.0. The summed E-state index contributed by atoms with van der Waals surface area (Å²) in [6.45, 7) is 1.48. The second-order valence-electron chi connectivity index (χ2n) is 5.48. The van der Waals surface area contributed by atoms with E-state index in [9.17, 15) is 14.4 Å². The largest absolute Gasteiger partial charge is 0.411 e. The van der Waals surface area contributed by atoms with Crippen LogP contribution < -0.4 is 0 Å². The summed E-state index contributed by atoms with van der Waals surface area (Å²) < 4.78 is 0. The SMILES string of the molecule is CB(OO)C(=O)CN1CCCC2(CCCN2C=O)C1=O. The van der Waals surface area contributed by atoms with Gasteiger partial charge in [-0.3, -0.25) is 19.7 Å². The number of amides is 2. The molecule has 0 saturated carbocycles. The minimum atomic E-state index is -0.952. The summed E-state index contributed by atoms with van der Waals surface area (Å²) in [5.74, 6) is -0.160. The third kappa shape index (κ3) is 2.45. The molecule has 8 heteroatoms. The van der Waals surface area contributed by atoms with Crippen molar-refractivity contribution in [3.8, 4) is 0 Å². The summed E-state index contributed by atoms with van der Waals surface area (Å²) in [5.41, 5.74) is -1.11. The standard InChI is InChI=1S/C12H19BN2O5/c1-13(20-19)10(17)8-14-6-2-4-12(11(14)18)5-3-7-15(12)9-16/h9,19H,2-8H2,1H3. The Morgan fingerprint density at radius 3 is 2.70 bits per heavy atom. The minimum absolute atomic E-state index is 0.0883. The highest BCUT2D eigenvalue weighted by Crippen LogP contribution is 2.37. The zero-order valence-electron chi connectivity index (χ0n) is 11.6. The van der Waals surface area contributed by atoms with Gasteiger partial charge < -0.3 is 14.6 Å². The molecule has 2 aliphatic heterocycles. The van der Waals surface area contributed by atoms with E-state index in [1.165, 1.54) is 11.7 Å². The predicted molar refractivity (Wildman–Crippen MR) is 70.9 cm³/mol. The highest BCUT2D eigenvalue weighted by molar-refractivity contribution is 6.84. The second-order valence-corrected chi connectivity index (χ2v) is 5.48. The second kappa shape index (κ2) is 5.93. The Hall–Kier alpha value is -1.41. The molecule has 7 nitrogen and oxygen atoms in total. The maximum Gasteiger partial charge on any atom is 0.411 e. The van der Waals surface area contributed by atoms with Crippen LogP contribution >= 0.6 is 0 Å². The van der Waals surface area contributed by atoms with Crippen molar-refractivity contribution in [2.24, 2.45) is 0 Å². The lowest BCUT2D eigenvalue weighted by atomic mass is 9.66. The molecule has 1 spiro atoms. The molecule has 2 aliphatic rings. The van der Waals surface area contributed by atoms with Gasteiger partial charge in [-0.2, -0.15) is 0 Å². The number of hydrogen-bond donors (Lipinski definition) is 1. The highest BCUT2D eigenvalue weighted by atomic mass is 17.1. The van der Waals surface area contributed by atoms with E-state index in [4.69, 9.17) is 5.26 Å². The lowest BCUT2D eigenvalue weighted by molar-refractivity contribution is -0.155. The van der Waals surface area contributed by atoms with Crippen LogP contribution in [0, 0.1) is 0 Å². The van der Waals surface area contributed by atoms with Crippen LogP contribution in [0.1, 0.15) is 25.7 Å². The Labute approximate surface area is 117 Å². The molecule has 0 aromatic carbocycles. The third-order valence-corrected chi connectivity index (χ3v) is 4.33. The minimum Gasteiger partial charge on any atom is -0.334 e. The van der Waals surface area contributed by atoms with E-state index >= 15 is 0 Å². The molecule has 1 atom stereocenters. The van der Waals surface area contributed by atoms with E-state index in [2.05, 4.69) is 4.81 Å². The number of rotatable bonds is 5. The summed E-state index contributed by atoms with van der Waals surface area (Å²) in [6, 6.07) is 0. The van der Waals surface area contributed by atoms with E-state index in [0.717, 1.165) is 19.3 Å². The predicted octanol–water partition coefficient (Wildman–Crippen LogP) is -0.181. The molecule has 20 heavy (non-hydrogen) atoms. The average molecular weight is 282 g/mol. The molecule has 110 valence electrons. The van der Waals surface area contributed by atoms with Gasteiger partial charge in [0, 0.05) is 13.1 Å². The molecule has 0 aromatic heterocycles. The first-order valence-electron chi connectivity index (χ1n) is 6.89. The number of piperidine rings is 1. The van der Waals surface area contributed by atoms with E-state index in [1.807, 2.05) is 0 Å². The van der Waals surface area contributed by atoms with Crippen LogP contribution in [0.2, 0.25) is 6.82 Å². The summed E-state index contributed by atoms with van der Waals surface area (Å²) in [4.78, 5) is 42.6. The van der Waals surface area contributed by atoms with Crippen molar-refractivity contribution in [2.75, 3.05) is 19.6 Å². The van der Waals surface area contributed by atoms with Gasteiger partial charge in [-0.1, -0.05) is 0 Å². The normalized spacial score (nSPS) is 26.2. The fraction of sp³-hybridized carbons (Fsp3) is 0.750. The maximum atomic E-state index is 12.6. The molecular formula is C12H19BN2O5. The first-order chi connectivity index (χ1) is 9.55. The lowest BCUT2D eigenvalue weighted by Crippen LogP contribution is -2.60. The van der Waals surface area contributed by atoms with Crippen molar-refractivity contribution in [3.63, 3.8) is 0 Å². The Bertz CT molecular complexity index is 419. The zero-order valence-corrected chi connectivity index (χ0v) is 11.6. The molecule has 0 bridgehead atoms. The van der Waals surface area contributed by atoms with E-state index < -0.39 is 12.5 Å². The van der Waals surface area contributed by atoms with Crippen LogP contribution in [0.25, 0.3) is 0 Å². The molecule has 1 N–H and O–H groups in total. The summed E-state index contributed by atoms with van der Waals surface area (Å²) in [7, 11) is 0. The molecule has 0 aliphatic carbocycles. The zero-order chi connectivity index (χ0) is 14.8. The lowest BCUT2D eigenvalue weighted by Gasteiger charge is -2.43. The van der Waals surface area contributed by atoms with Gasteiger partial charge in [0.15, 0.2) is 5.68 Å². The van der Waals surface area contributed by atoms with Gasteiger partial charge in [-0.05, 0) is 32.5 Å².